The largest absolute Gasteiger partial charge is 0.494 e. The Labute approximate surface area is 255 Å². The summed E-state index contributed by atoms with van der Waals surface area (Å²) in [5, 5.41) is 0. The number of rotatable bonds is 10. The van der Waals surface area contributed by atoms with Crippen molar-refractivity contribution in [2.75, 3.05) is 18.6 Å². The zero-order valence-electron chi connectivity index (χ0n) is 22.7. The lowest BCUT2D eigenvalue weighted by Gasteiger charge is -2.31. The van der Waals surface area contributed by atoms with Crippen LogP contribution in [0.25, 0.3) is 0 Å². The number of carbonyl (C=O) groups is 2. The highest BCUT2D eigenvalue weighted by Gasteiger charge is 2.73. The molecule has 45 heavy (non-hydrogen) atoms. The summed E-state index contributed by atoms with van der Waals surface area (Å²) in [7, 11) is 1.07. The number of carbonyl (C=O) groups excluding carboxylic acids is 2. The average Bonchev–Trinajstić information content (AvgIpc) is 2.92. The number of ether oxygens (including phenoxy) is 2. The van der Waals surface area contributed by atoms with Crippen molar-refractivity contribution in [3.8, 4) is 11.5 Å². The molecule has 3 aromatic rings. The molecule has 0 heterocycles. The van der Waals surface area contributed by atoms with Crippen LogP contribution >= 0.6 is 15.9 Å². The molecule has 0 radical (unpaired) electrons. The first kappa shape index (κ1) is 35.6. The zero-order chi connectivity index (χ0) is 34.1. The number of hydrogen-bond acceptors (Lipinski definition) is 4. The van der Waals surface area contributed by atoms with Gasteiger partial charge in [-0.05, 0) is 43.3 Å². The maximum absolute atomic E-state index is 14.7. The van der Waals surface area contributed by atoms with Crippen LogP contribution in [0.2, 0.25) is 0 Å². The monoisotopic (exact) mass is 721 g/mol. The topological polar surface area (TPSA) is 55.8 Å². The first-order chi connectivity index (χ1) is 20.8. The third kappa shape index (κ3) is 7.02. The van der Waals surface area contributed by atoms with Crippen molar-refractivity contribution in [2.45, 2.75) is 38.0 Å². The fraction of sp³-hybridized carbons (Fsp3) is 0.286. The quantitative estimate of drug-likeness (QED) is 0.155. The van der Waals surface area contributed by atoms with Crippen LogP contribution in [0.1, 0.15) is 38.8 Å². The van der Waals surface area contributed by atoms with Crippen molar-refractivity contribution < 1.29 is 67.4 Å². The van der Waals surface area contributed by atoms with Gasteiger partial charge in [-0.25, -0.2) is 13.2 Å². The number of benzene rings is 3. The number of methoxy groups -OCH3 is 1. The molecule has 5 nitrogen and oxygen atoms in total. The van der Waals surface area contributed by atoms with Crippen LogP contribution in [-0.2, 0) is 12.1 Å². The number of nitrogens with zero attached hydrogens (tertiary/aromatic N) is 1. The van der Waals surface area contributed by atoms with Gasteiger partial charge in [0.05, 0.1) is 23.9 Å². The number of Topliss-reactive ketones (excluding diaryl/α,β-unsaturated/α-hetero) is 1. The summed E-state index contributed by atoms with van der Waals surface area (Å²) in [6.45, 7) is -2.50. The maximum Gasteiger partial charge on any atom is 0.435 e. The van der Waals surface area contributed by atoms with Crippen LogP contribution in [0.15, 0.2) is 53.0 Å². The van der Waals surface area contributed by atoms with Gasteiger partial charge in [0, 0.05) is 34.6 Å². The Bertz CT molecular complexity index is 1580. The molecule has 0 saturated carbocycles. The summed E-state index contributed by atoms with van der Waals surface area (Å²) in [6, 6.07) is 5.64. The van der Waals surface area contributed by atoms with Gasteiger partial charge in [0.1, 0.15) is 17.4 Å². The second-order valence-corrected chi connectivity index (χ2v) is 9.95. The molecule has 0 aromatic heterocycles. The normalized spacial score (nSPS) is 12.3. The summed E-state index contributed by atoms with van der Waals surface area (Å²) in [4.78, 5) is 27.5. The van der Waals surface area contributed by atoms with E-state index in [-0.39, 0.29) is 35.7 Å². The Kier molecular flexibility index (Phi) is 10.5. The molecular weight excluding hydrogens is 703 g/mol. The highest BCUT2D eigenvalue weighted by Crippen LogP contribution is 2.54. The molecule has 0 spiro atoms. The van der Waals surface area contributed by atoms with Crippen LogP contribution in [0.4, 0.5) is 54.0 Å². The van der Waals surface area contributed by atoms with E-state index in [0.29, 0.717) is 6.07 Å². The third-order valence-electron chi connectivity index (χ3n) is 6.40. The molecule has 3 rings (SSSR count). The van der Waals surface area contributed by atoms with Crippen LogP contribution < -0.4 is 14.4 Å². The standard InChI is InChI=1S/C28H19BrF11NO4/c1-3-41(24(43)15-8-7-14(30)11-19(15)31)20-6-4-5-16(23(20)44-2)21(42)12-17-18(29)9-13(10-22(17)45-25(32)33)26(34,27(35,36)37)28(38,39)40/h4-11,25H,3,12H2,1-2H3. The van der Waals surface area contributed by atoms with E-state index in [1.165, 1.54) is 19.1 Å². The van der Waals surface area contributed by atoms with E-state index in [2.05, 4.69) is 20.7 Å². The summed E-state index contributed by atoms with van der Waals surface area (Å²) < 4.78 is 157. The average molecular weight is 722 g/mol. The highest BCUT2D eigenvalue weighted by atomic mass is 79.9. The Hall–Kier alpha value is -3.89. The number of halogens is 12. The number of ketones is 1. The van der Waals surface area contributed by atoms with Gasteiger partial charge in [-0.3, -0.25) is 9.59 Å². The van der Waals surface area contributed by atoms with E-state index < -0.39 is 81.3 Å². The molecule has 244 valence electrons. The van der Waals surface area contributed by atoms with E-state index in [1.807, 2.05) is 0 Å². The van der Waals surface area contributed by atoms with Crippen molar-refractivity contribution in [1.82, 2.24) is 0 Å². The molecule has 0 N–H and O–H groups in total. The molecule has 0 aliphatic rings. The molecule has 0 aliphatic carbocycles. The maximum atomic E-state index is 14.7. The van der Waals surface area contributed by atoms with Gasteiger partial charge < -0.3 is 14.4 Å². The van der Waals surface area contributed by atoms with Crippen molar-refractivity contribution in [1.29, 1.82) is 0 Å². The first-order valence-corrected chi connectivity index (χ1v) is 13.1. The minimum Gasteiger partial charge on any atom is -0.494 e. The molecule has 17 heteroatoms. The number of anilines is 1. The van der Waals surface area contributed by atoms with E-state index in [9.17, 15) is 57.9 Å². The van der Waals surface area contributed by atoms with Crippen LogP contribution in [0.3, 0.4) is 0 Å². The zero-order valence-corrected chi connectivity index (χ0v) is 24.3. The minimum absolute atomic E-state index is 0.0320. The van der Waals surface area contributed by atoms with Crippen molar-refractivity contribution >= 4 is 33.3 Å². The smallest absolute Gasteiger partial charge is 0.435 e. The molecule has 0 saturated heterocycles. The van der Waals surface area contributed by atoms with E-state index >= 15 is 0 Å². The van der Waals surface area contributed by atoms with Gasteiger partial charge in [0.2, 0.25) is 0 Å². The van der Waals surface area contributed by atoms with Gasteiger partial charge >= 0.3 is 24.6 Å². The van der Waals surface area contributed by atoms with Gasteiger partial charge in [-0.1, -0.05) is 22.0 Å². The van der Waals surface area contributed by atoms with E-state index in [1.54, 1.807) is 0 Å². The summed E-state index contributed by atoms with van der Waals surface area (Å²) >= 11 is 2.63. The van der Waals surface area contributed by atoms with Crippen molar-refractivity contribution in [2.24, 2.45) is 0 Å². The number of para-hydroxylation sites is 1. The van der Waals surface area contributed by atoms with Crippen molar-refractivity contribution in [3.05, 3.63) is 86.9 Å². The van der Waals surface area contributed by atoms with Gasteiger partial charge in [0.25, 0.3) is 5.91 Å². The first-order valence-electron chi connectivity index (χ1n) is 12.4. The summed E-state index contributed by atoms with van der Waals surface area (Å²) in [5.41, 5.74) is -9.84. The highest BCUT2D eigenvalue weighted by molar-refractivity contribution is 9.10. The fourth-order valence-corrected chi connectivity index (χ4v) is 4.91. The lowest BCUT2D eigenvalue weighted by molar-refractivity contribution is -0.348. The molecule has 3 aromatic carbocycles. The molecule has 0 atom stereocenters. The predicted octanol–water partition coefficient (Wildman–Crippen LogP) is 8.72. The second-order valence-electron chi connectivity index (χ2n) is 9.10. The summed E-state index contributed by atoms with van der Waals surface area (Å²) in [6.07, 6.45) is -14.2. The lowest BCUT2D eigenvalue weighted by atomic mass is 9.91. The van der Waals surface area contributed by atoms with Crippen molar-refractivity contribution in [3.63, 3.8) is 0 Å². The minimum atomic E-state index is -6.57. The molecule has 1 amide bonds. The Balaban J connectivity index is 2.12. The number of hydrogen-bond donors (Lipinski definition) is 0. The number of amides is 1. The van der Waals surface area contributed by atoms with E-state index in [0.717, 1.165) is 30.2 Å². The SMILES string of the molecule is CCN(C(=O)c1ccc(F)cc1F)c1cccc(C(=O)Cc2c(Br)cc(C(F)(C(F)(F)F)C(F)(F)F)cc2OC(F)F)c1OC. The molecule has 0 fully saturated rings. The molecule has 0 bridgehead atoms. The second kappa shape index (κ2) is 13.2. The fourth-order valence-electron chi connectivity index (χ4n) is 4.33. The Morgan fingerprint density at radius 3 is 2.04 bits per heavy atom. The molecule has 0 aliphatic heterocycles. The third-order valence-corrected chi connectivity index (χ3v) is 7.11. The van der Waals surface area contributed by atoms with Gasteiger partial charge in [-0.15, -0.1) is 0 Å². The molecule has 0 unspecified atom stereocenters. The lowest BCUT2D eigenvalue weighted by Crippen LogP contribution is -2.50. The Morgan fingerprint density at radius 1 is 0.911 bits per heavy atom. The number of alkyl halides is 9. The van der Waals surface area contributed by atoms with Gasteiger partial charge in [-0.2, -0.15) is 35.1 Å². The van der Waals surface area contributed by atoms with Gasteiger partial charge in [0.15, 0.2) is 11.5 Å². The Morgan fingerprint density at radius 2 is 1.53 bits per heavy atom. The van der Waals surface area contributed by atoms with Crippen LogP contribution in [0, 0.1) is 11.6 Å². The van der Waals surface area contributed by atoms with Crippen LogP contribution in [0.5, 0.6) is 11.5 Å². The van der Waals surface area contributed by atoms with E-state index in [4.69, 9.17) is 4.74 Å². The van der Waals surface area contributed by atoms with Crippen LogP contribution in [-0.4, -0.2) is 44.3 Å². The molecular formula is C28H19BrF11NO4. The predicted molar refractivity (Wildman–Crippen MR) is 140 cm³/mol. The summed E-state index contributed by atoms with van der Waals surface area (Å²) in [5.74, 6) is -5.85.